The first-order chi connectivity index (χ1) is 6.76. The molecule has 0 bridgehead atoms. The molecule has 0 amide bonds. The number of hydrogen-bond donors (Lipinski definition) is 0. The van der Waals surface area contributed by atoms with Crippen LogP contribution in [0.5, 0.6) is 11.6 Å². The van der Waals surface area contributed by atoms with Crippen LogP contribution in [0.25, 0.3) is 0 Å². The minimum Gasteiger partial charge on any atom is -0.491 e. The van der Waals surface area contributed by atoms with Crippen LogP contribution in [-0.4, -0.2) is 19.2 Å². The molecule has 6 heteroatoms. The molecule has 6 nitrogen and oxygen atoms in total. The fourth-order valence-corrected chi connectivity index (χ4v) is 0.913. The zero-order chi connectivity index (χ0) is 10.6. The normalized spacial score (nSPS) is 8.93. The van der Waals surface area contributed by atoms with Gasteiger partial charge in [-0.25, -0.2) is 0 Å². The van der Waals surface area contributed by atoms with Crippen LogP contribution in [0.4, 0.5) is 5.69 Å². The van der Waals surface area contributed by atoms with Crippen LogP contribution in [0.15, 0.2) is 11.2 Å². The second-order valence-electron chi connectivity index (χ2n) is 2.27. The van der Waals surface area contributed by atoms with Crippen LogP contribution >= 0.6 is 0 Å². The number of ether oxygens (including phenoxy) is 2. The van der Waals surface area contributed by atoms with Crippen molar-refractivity contribution in [3.63, 3.8) is 0 Å². The Balaban J connectivity index is 3.37. The van der Waals surface area contributed by atoms with Gasteiger partial charge in [0, 0.05) is 6.07 Å². The highest BCUT2D eigenvalue weighted by Crippen LogP contribution is 2.30. The van der Waals surface area contributed by atoms with Gasteiger partial charge in [-0.1, -0.05) is 0 Å². The van der Waals surface area contributed by atoms with Gasteiger partial charge < -0.3 is 9.47 Å². The monoisotopic (exact) mass is 193 g/mol. The summed E-state index contributed by atoms with van der Waals surface area (Å²) in [6, 6.07) is 3.04. The number of nitriles is 1. The fourth-order valence-electron chi connectivity index (χ4n) is 0.913. The topological polar surface area (TPSA) is 84.6 Å². The van der Waals surface area contributed by atoms with Gasteiger partial charge >= 0.3 is 0 Å². The van der Waals surface area contributed by atoms with Gasteiger partial charge in [0.25, 0.3) is 5.88 Å². The third-order valence-corrected chi connectivity index (χ3v) is 1.55. The Morgan fingerprint density at radius 2 is 2.21 bits per heavy atom. The fraction of sp³-hybridized carbons (Fsp3) is 0.250. The summed E-state index contributed by atoms with van der Waals surface area (Å²) in [4.78, 5) is 14.1. The van der Waals surface area contributed by atoms with Gasteiger partial charge in [0.2, 0.25) is 0 Å². The summed E-state index contributed by atoms with van der Waals surface area (Å²) in [6.45, 7) is 0. The smallest absolute Gasteiger partial charge is 0.258 e. The average molecular weight is 193 g/mol. The molecule has 1 aromatic rings. The maximum absolute atomic E-state index is 10.3. The lowest BCUT2D eigenvalue weighted by molar-refractivity contribution is 0.343. The predicted molar refractivity (Wildman–Crippen MR) is 47.5 cm³/mol. The second kappa shape index (κ2) is 4.18. The predicted octanol–water partition coefficient (Wildman–Crippen LogP) is 1.37. The first-order valence-electron chi connectivity index (χ1n) is 3.63. The molecule has 0 aromatic carbocycles. The SMILES string of the molecule is COc1cc(N=O)c(C#N)nc1OC. The molecule has 0 spiro atoms. The van der Waals surface area contributed by atoms with E-state index in [1.807, 2.05) is 0 Å². The van der Waals surface area contributed by atoms with Gasteiger partial charge in [0.05, 0.1) is 14.2 Å². The van der Waals surface area contributed by atoms with E-state index < -0.39 is 0 Å². The standard InChI is InChI=1S/C8H7N3O3/c1-13-7-3-5(11-12)6(4-9)10-8(7)14-2/h3H,1-2H3. The highest BCUT2D eigenvalue weighted by atomic mass is 16.5. The maximum atomic E-state index is 10.3. The summed E-state index contributed by atoms with van der Waals surface area (Å²) in [5.74, 6) is 0.414. The van der Waals surface area contributed by atoms with E-state index in [1.54, 1.807) is 6.07 Å². The summed E-state index contributed by atoms with van der Waals surface area (Å²) in [6.07, 6.45) is 0. The van der Waals surface area contributed by atoms with Crippen LogP contribution in [0.1, 0.15) is 5.69 Å². The highest BCUT2D eigenvalue weighted by molar-refractivity contribution is 5.55. The van der Waals surface area contributed by atoms with Gasteiger partial charge in [-0.3, -0.25) is 0 Å². The van der Waals surface area contributed by atoms with Crippen molar-refractivity contribution in [3.05, 3.63) is 16.7 Å². The molecule has 0 atom stereocenters. The average Bonchev–Trinajstić information content (AvgIpc) is 2.26. The van der Waals surface area contributed by atoms with Gasteiger partial charge in [-0.2, -0.15) is 10.2 Å². The van der Waals surface area contributed by atoms with E-state index in [4.69, 9.17) is 14.7 Å². The number of nitroso groups, excluding NO2 is 1. The third kappa shape index (κ3) is 1.61. The summed E-state index contributed by atoms with van der Waals surface area (Å²) < 4.78 is 9.73. The van der Waals surface area contributed by atoms with Crippen LogP contribution in [0, 0.1) is 16.2 Å². The molecule has 1 rings (SSSR count). The molecule has 0 radical (unpaired) electrons. The van der Waals surface area contributed by atoms with E-state index >= 15 is 0 Å². The lowest BCUT2D eigenvalue weighted by Gasteiger charge is -2.06. The Morgan fingerprint density at radius 1 is 1.50 bits per heavy atom. The Labute approximate surface area is 80.1 Å². The molecule has 0 aliphatic rings. The van der Waals surface area contributed by atoms with Crippen molar-refractivity contribution in [3.8, 4) is 17.7 Å². The van der Waals surface area contributed by atoms with E-state index in [2.05, 4.69) is 10.2 Å². The summed E-state index contributed by atoms with van der Waals surface area (Å²) in [5, 5.41) is 11.3. The summed E-state index contributed by atoms with van der Waals surface area (Å²) in [5.41, 5.74) is -0.150. The van der Waals surface area contributed by atoms with E-state index in [1.165, 1.54) is 20.3 Å². The van der Waals surface area contributed by atoms with Crippen LogP contribution in [-0.2, 0) is 0 Å². The lowest BCUT2D eigenvalue weighted by Crippen LogP contribution is -1.95. The third-order valence-electron chi connectivity index (χ3n) is 1.55. The van der Waals surface area contributed by atoms with E-state index in [0.29, 0.717) is 0 Å². The van der Waals surface area contributed by atoms with Crippen LogP contribution in [0.3, 0.4) is 0 Å². The van der Waals surface area contributed by atoms with Crippen molar-refractivity contribution < 1.29 is 9.47 Å². The second-order valence-corrected chi connectivity index (χ2v) is 2.27. The minimum absolute atomic E-state index is 0.0647. The Bertz CT molecular complexity index is 398. The quantitative estimate of drug-likeness (QED) is 0.676. The van der Waals surface area contributed by atoms with Crippen molar-refractivity contribution in [2.75, 3.05) is 14.2 Å². The Morgan fingerprint density at radius 3 is 2.64 bits per heavy atom. The molecule has 0 aliphatic carbocycles. The zero-order valence-electron chi connectivity index (χ0n) is 7.64. The highest BCUT2D eigenvalue weighted by Gasteiger charge is 2.12. The number of hydrogen-bond acceptors (Lipinski definition) is 6. The molecule has 0 unspecified atom stereocenters. The number of methoxy groups -OCH3 is 2. The Hall–Kier alpha value is -2.16. The molecule has 72 valence electrons. The van der Waals surface area contributed by atoms with Crippen molar-refractivity contribution in [2.45, 2.75) is 0 Å². The lowest BCUT2D eigenvalue weighted by atomic mass is 10.3. The molecule has 1 heterocycles. The molecule has 0 saturated heterocycles. The van der Waals surface area contributed by atoms with E-state index in [0.717, 1.165) is 0 Å². The summed E-state index contributed by atoms with van der Waals surface area (Å²) >= 11 is 0. The first-order valence-corrected chi connectivity index (χ1v) is 3.63. The van der Waals surface area contributed by atoms with Crippen molar-refractivity contribution >= 4 is 5.69 Å². The molecule has 14 heavy (non-hydrogen) atoms. The zero-order valence-corrected chi connectivity index (χ0v) is 7.64. The largest absolute Gasteiger partial charge is 0.491 e. The van der Waals surface area contributed by atoms with Crippen molar-refractivity contribution in [1.29, 1.82) is 5.26 Å². The van der Waals surface area contributed by atoms with Crippen LogP contribution < -0.4 is 9.47 Å². The molecule has 0 N–H and O–H groups in total. The van der Waals surface area contributed by atoms with Crippen molar-refractivity contribution in [1.82, 2.24) is 4.98 Å². The van der Waals surface area contributed by atoms with Gasteiger partial charge in [-0.15, -0.1) is 4.91 Å². The molecule has 0 fully saturated rings. The molecule has 0 saturated carbocycles. The van der Waals surface area contributed by atoms with E-state index in [-0.39, 0.29) is 23.0 Å². The maximum Gasteiger partial charge on any atom is 0.258 e. The number of aromatic nitrogens is 1. The first kappa shape index (κ1) is 9.92. The van der Waals surface area contributed by atoms with Gasteiger partial charge in [0.15, 0.2) is 11.4 Å². The molecular formula is C8H7N3O3. The van der Waals surface area contributed by atoms with E-state index in [9.17, 15) is 4.91 Å². The number of pyridine rings is 1. The van der Waals surface area contributed by atoms with Gasteiger partial charge in [-0.05, 0) is 5.18 Å². The number of rotatable bonds is 3. The number of nitrogens with zero attached hydrogens (tertiary/aromatic N) is 3. The Kier molecular flexibility index (Phi) is 2.97. The van der Waals surface area contributed by atoms with Crippen LogP contribution in [0.2, 0.25) is 0 Å². The molecule has 0 aliphatic heterocycles. The van der Waals surface area contributed by atoms with Gasteiger partial charge in [0.1, 0.15) is 11.8 Å². The molecule has 1 aromatic heterocycles. The summed E-state index contributed by atoms with van der Waals surface area (Å²) in [7, 11) is 2.79. The molecular weight excluding hydrogens is 186 g/mol. The van der Waals surface area contributed by atoms with Crippen molar-refractivity contribution in [2.24, 2.45) is 5.18 Å². The minimum atomic E-state index is -0.0855.